The van der Waals surface area contributed by atoms with Crippen molar-refractivity contribution >= 4 is 17.5 Å². The Labute approximate surface area is 156 Å². The molecule has 0 saturated carbocycles. The fourth-order valence-corrected chi connectivity index (χ4v) is 2.86. The van der Waals surface area contributed by atoms with E-state index in [1.54, 1.807) is 7.11 Å². The summed E-state index contributed by atoms with van der Waals surface area (Å²) in [5, 5.41) is 10.7. The SMILES string of the molecule is CCOCCCNC(=O)c1nnc2n(c1=O)CCN2c1ccc(OC)cc1. The third-order valence-electron chi connectivity index (χ3n) is 4.27. The second-order valence-electron chi connectivity index (χ2n) is 5.96. The molecular formula is C18H23N5O4. The van der Waals surface area contributed by atoms with Crippen molar-refractivity contribution in [2.45, 2.75) is 19.9 Å². The molecule has 1 aromatic heterocycles. The summed E-state index contributed by atoms with van der Waals surface area (Å²) in [6, 6.07) is 7.46. The molecular weight excluding hydrogens is 350 g/mol. The molecule has 0 radical (unpaired) electrons. The molecule has 1 amide bonds. The van der Waals surface area contributed by atoms with Crippen LogP contribution in [0.5, 0.6) is 5.75 Å². The number of rotatable bonds is 8. The normalized spacial score (nSPS) is 12.7. The highest BCUT2D eigenvalue weighted by atomic mass is 16.5. The number of amides is 1. The Balaban J connectivity index is 1.73. The summed E-state index contributed by atoms with van der Waals surface area (Å²) < 4.78 is 11.9. The zero-order valence-corrected chi connectivity index (χ0v) is 15.5. The molecule has 3 rings (SSSR count). The van der Waals surface area contributed by atoms with Gasteiger partial charge in [0.05, 0.1) is 7.11 Å². The second-order valence-corrected chi connectivity index (χ2v) is 5.96. The lowest BCUT2D eigenvalue weighted by atomic mass is 10.3. The highest BCUT2D eigenvalue weighted by Gasteiger charge is 2.27. The molecule has 2 aromatic rings. The Morgan fingerprint density at radius 1 is 1.22 bits per heavy atom. The molecule has 0 atom stereocenters. The molecule has 0 saturated heterocycles. The van der Waals surface area contributed by atoms with E-state index < -0.39 is 11.5 Å². The van der Waals surface area contributed by atoms with Gasteiger partial charge in [0.15, 0.2) is 0 Å². The average Bonchev–Trinajstić information content (AvgIpc) is 3.13. The molecule has 144 valence electrons. The summed E-state index contributed by atoms with van der Waals surface area (Å²) >= 11 is 0. The minimum atomic E-state index is -0.512. The van der Waals surface area contributed by atoms with Crippen molar-refractivity contribution in [2.75, 3.05) is 38.3 Å². The molecule has 9 nitrogen and oxygen atoms in total. The van der Waals surface area contributed by atoms with Crippen LogP contribution < -0.4 is 20.5 Å². The topological polar surface area (TPSA) is 98.6 Å². The molecule has 1 N–H and O–H groups in total. The standard InChI is InChI=1S/C18H23N5O4/c1-3-27-12-4-9-19-16(24)15-17(25)23-11-10-22(18(23)21-20-15)13-5-7-14(26-2)8-6-13/h5-8H,3-4,9-12H2,1-2H3,(H,19,24). The first-order valence-electron chi connectivity index (χ1n) is 8.90. The van der Waals surface area contributed by atoms with Gasteiger partial charge in [0, 0.05) is 38.5 Å². The number of carbonyl (C=O) groups excluding carboxylic acids is 1. The van der Waals surface area contributed by atoms with Crippen LogP contribution >= 0.6 is 0 Å². The predicted octanol–water partition coefficient (Wildman–Crippen LogP) is 0.955. The number of hydrogen-bond donors (Lipinski definition) is 1. The predicted molar refractivity (Wildman–Crippen MR) is 99.7 cm³/mol. The lowest BCUT2D eigenvalue weighted by Crippen LogP contribution is -2.35. The van der Waals surface area contributed by atoms with Gasteiger partial charge >= 0.3 is 0 Å². The molecule has 1 aliphatic rings. The van der Waals surface area contributed by atoms with Gasteiger partial charge in [0.25, 0.3) is 11.5 Å². The molecule has 0 spiro atoms. The van der Waals surface area contributed by atoms with E-state index >= 15 is 0 Å². The second kappa shape index (κ2) is 8.63. The van der Waals surface area contributed by atoms with Crippen LogP contribution in [0.2, 0.25) is 0 Å². The van der Waals surface area contributed by atoms with Crippen molar-refractivity contribution in [3.8, 4) is 5.75 Å². The van der Waals surface area contributed by atoms with Gasteiger partial charge in [0.2, 0.25) is 11.6 Å². The Morgan fingerprint density at radius 2 is 2.00 bits per heavy atom. The Morgan fingerprint density at radius 3 is 2.70 bits per heavy atom. The van der Waals surface area contributed by atoms with Gasteiger partial charge < -0.3 is 19.7 Å². The van der Waals surface area contributed by atoms with Gasteiger partial charge in [-0.05, 0) is 37.6 Å². The number of fused-ring (bicyclic) bond motifs is 1. The highest BCUT2D eigenvalue weighted by Crippen LogP contribution is 2.28. The number of anilines is 2. The smallest absolute Gasteiger partial charge is 0.286 e. The summed E-state index contributed by atoms with van der Waals surface area (Å²) in [6.07, 6.45) is 0.671. The van der Waals surface area contributed by atoms with Gasteiger partial charge in [-0.2, -0.15) is 0 Å². The third kappa shape index (κ3) is 4.08. The molecule has 0 unspecified atom stereocenters. The first kappa shape index (κ1) is 18.8. The van der Waals surface area contributed by atoms with Gasteiger partial charge in [0.1, 0.15) is 5.75 Å². The summed E-state index contributed by atoms with van der Waals surface area (Å²) in [6.45, 7) is 4.54. The summed E-state index contributed by atoms with van der Waals surface area (Å²) in [4.78, 5) is 26.8. The highest BCUT2D eigenvalue weighted by molar-refractivity contribution is 5.91. The van der Waals surface area contributed by atoms with Gasteiger partial charge in [-0.15, -0.1) is 10.2 Å². The van der Waals surface area contributed by atoms with Crippen LogP contribution in [-0.4, -0.2) is 54.1 Å². The fraction of sp³-hybridized carbons (Fsp3) is 0.444. The Bertz CT molecular complexity index is 850. The molecule has 1 aliphatic heterocycles. The van der Waals surface area contributed by atoms with E-state index in [0.29, 0.717) is 45.2 Å². The van der Waals surface area contributed by atoms with Crippen molar-refractivity contribution in [1.82, 2.24) is 20.1 Å². The van der Waals surface area contributed by atoms with Crippen LogP contribution in [0.4, 0.5) is 11.6 Å². The largest absolute Gasteiger partial charge is 0.497 e. The third-order valence-corrected chi connectivity index (χ3v) is 4.27. The van der Waals surface area contributed by atoms with Crippen molar-refractivity contribution < 1.29 is 14.3 Å². The maximum absolute atomic E-state index is 12.6. The summed E-state index contributed by atoms with van der Waals surface area (Å²) in [7, 11) is 1.61. The van der Waals surface area contributed by atoms with Crippen LogP contribution in [0.15, 0.2) is 29.1 Å². The number of carbonyl (C=O) groups is 1. The molecule has 27 heavy (non-hydrogen) atoms. The van der Waals surface area contributed by atoms with Crippen LogP contribution in [-0.2, 0) is 11.3 Å². The number of nitrogens with one attached hydrogen (secondary N) is 1. The number of ether oxygens (including phenoxy) is 2. The molecule has 2 heterocycles. The van der Waals surface area contributed by atoms with E-state index in [2.05, 4.69) is 15.5 Å². The minimum absolute atomic E-state index is 0.188. The Hall–Kier alpha value is -2.94. The van der Waals surface area contributed by atoms with Crippen molar-refractivity contribution in [3.63, 3.8) is 0 Å². The zero-order chi connectivity index (χ0) is 19.2. The first-order valence-corrected chi connectivity index (χ1v) is 8.90. The zero-order valence-electron chi connectivity index (χ0n) is 15.5. The lowest BCUT2D eigenvalue weighted by Gasteiger charge is -2.17. The monoisotopic (exact) mass is 373 g/mol. The molecule has 0 bridgehead atoms. The van der Waals surface area contributed by atoms with Gasteiger partial charge in [-0.3, -0.25) is 14.2 Å². The van der Waals surface area contributed by atoms with Crippen LogP contribution in [0, 0.1) is 0 Å². The van der Waals surface area contributed by atoms with E-state index in [1.807, 2.05) is 36.1 Å². The lowest BCUT2D eigenvalue weighted by molar-refractivity contribution is 0.0936. The maximum atomic E-state index is 12.6. The van der Waals surface area contributed by atoms with Crippen LogP contribution in [0.3, 0.4) is 0 Å². The number of benzene rings is 1. The van der Waals surface area contributed by atoms with E-state index in [0.717, 1.165) is 11.4 Å². The number of aromatic nitrogens is 3. The summed E-state index contributed by atoms with van der Waals surface area (Å²) in [5.41, 5.74) is 0.258. The van der Waals surface area contributed by atoms with Gasteiger partial charge in [-0.25, -0.2) is 0 Å². The fourth-order valence-electron chi connectivity index (χ4n) is 2.86. The van der Waals surface area contributed by atoms with Crippen molar-refractivity contribution in [3.05, 3.63) is 40.3 Å². The molecule has 1 aromatic carbocycles. The quantitative estimate of drug-likeness (QED) is 0.688. The molecule has 0 fully saturated rings. The number of hydrogen-bond acceptors (Lipinski definition) is 7. The van der Waals surface area contributed by atoms with Crippen molar-refractivity contribution in [2.24, 2.45) is 0 Å². The Kier molecular flexibility index (Phi) is 6.02. The van der Waals surface area contributed by atoms with E-state index in [9.17, 15) is 9.59 Å². The molecule has 9 heteroatoms. The van der Waals surface area contributed by atoms with E-state index in [-0.39, 0.29) is 5.69 Å². The average molecular weight is 373 g/mol. The first-order chi connectivity index (χ1) is 13.2. The van der Waals surface area contributed by atoms with Crippen LogP contribution in [0.25, 0.3) is 0 Å². The number of methoxy groups -OCH3 is 1. The van der Waals surface area contributed by atoms with Gasteiger partial charge in [-0.1, -0.05) is 0 Å². The van der Waals surface area contributed by atoms with Crippen molar-refractivity contribution in [1.29, 1.82) is 0 Å². The van der Waals surface area contributed by atoms with E-state index in [4.69, 9.17) is 9.47 Å². The maximum Gasteiger partial charge on any atom is 0.286 e. The molecule has 0 aliphatic carbocycles. The summed E-state index contributed by atoms with van der Waals surface area (Å²) in [5.74, 6) is 0.665. The van der Waals surface area contributed by atoms with Crippen LogP contribution in [0.1, 0.15) is 23.8 Å². The van der Waals surface area contributed by atoms with E-state index in [1.165, 1.54) is 4.57 Å². The number of nitrogens with zero attached hydrogens (tertiary/aromatic N) is 4. The minimum Gasteiger partial charge on any atom is -0.497 e.